The van der Waals surface area contributed by atoms with E-state index in [0.29, 0.717) is 31.7 Å². The second-order valence-electron chi connectivity index (χ2n) is 6.79. The van der Waals surface area contributed by atoms with Gasteiger partial charge >= 0.3 is 11.8 Å². The fourth-order valence-electron chi connectivity index (χ4n) is 3.17. The zero-order valence-corrected chi connectivity index (χ0v) is 15.6. The van der Waals surface area contributed by atoms with Crippen LogP contribution in [-0.2, 0) is 16.1 Å². The molecular weight excluding hydrogens is 360 g/mol. The first kappa shape index (κ1) is 19.5. The molecule has 1 fully saturated rings. The predicted molar refractivity (Wildman–Crippen MR) is 105 cm³/mol. The van der Waals surface area contributed by atoms with Gasteiger partial charge < -0.3 is 10.2 Å². The third-order valence-electron chi connectivity index (χ3n) is 4.70. The fraction of sp³-hybridized carbons (Fsp3) is 0.300. The Morgan fingerprint density at radius 1 is 1.07 bits per heavy atom. The average Bonchev–Trinajstić information content (AvgIpc) is 2.70. The largest absolute Gasteiger partial charge is 0.332 e. The molecule has 8 nitrogen and oxygen atoms in total. The van der Waals surface area contributed by atoms with E-state index in [1.165, 1.54) is 22.6 Å². The molecule has 8 heteroatoms. The molecule has 2 amide bonds. The summed E-state index contributed by atoms with van der Waals surface area (Å²) in [5.41, 5.74) is 1.70. The number of rotatable bonds is 4. The summed E-state index contributed by atoms with van der Waals surface area (Å²) in [5.74, 6) is -1.53. The Hall–Kier alpha value is -3.26. The van der Waals surface area contributed by atoms with Gasteiger partial charge in [-0.2, -0.15) is 0 Å². The van der Waals surface area contributed by atoms with E-state index in [4.69, 9.17) is 0 Å². The Morgan fingerprint density at radius 2 is 1.75 bits per heavy atom. The molecule has 0 saturated carbocycles. The first-order valence-corrected chi connectivity index (χ1v) is 9.05. The van der Waals surface area contributed by atoms with Crippen molar-refractivity contribution >= 4 is 23.2 Å². The number of hydrogen-bond acceptors (Lipinski definition) is 5. The highest BCUT2D eigenvalue weighted by atomic mass is 16.6. The molecule has 1 heterocycles. The van der Waals surface area contributed by atoms with Gasteiger partial charge in [0, 0.05) is 38.8 Å². The molecule has 0 aromatic heterocycles. The summed E-state index contributed by atoms with van der Waals surface area (Å²) < 4.78 is 0. The molecule has 0 unspecified atom stereocenters. The number of nitrogens with zero attached hydrogens (tertiary/aromatic N) is 3. The van der Waals surface area contributed by atoms with E-state index in [2.05, 4.69) is 22.3 Å². The van der Waals surface area contributed by atoms with Crippen LogP contribution in [0, 0.1) is 17.0 Å². The maximum atomic E-state index is 12.4. The van der Waals surface area contributed by atoms with Crippen molar-refractivity contribution in [3.8, 4) is 0 Å². The Labute approximate surface area is 162 Å². The highest BCUT2D eigenvalue weighted by molar-refractivity contribution is 6.39. The van der Waals surface area contributed by atoms with Crippen LogP contribution in [0.4, 0.5) is 11.4 Å². The zero-order valence-electron chi connectivity index (χ0n) is 15.6. The summed E-state index contributed by atoms with van der Waals surface area (Å²) in [6, 6.07) is 14.5. The maximum absolute atomic E-state index is 12.4. The van der Waals surface area contributed by atoms with Crippen molar-refractivity contribution in [1.82, 2.24) is 9.80 Å². The molecule has 2 aromatic carbocycles. The van der Waals surface area contributed by atoms with Crippen molar-refractivity contribution in [3.63, 3.8) is 0 Å². The molecule has 2 aromatic rings. The van der Waals surface area contributed by atoms with Crippen molar-refractivity contribution in [3.05, 3.63) is 69.8 Å². The van der Waals surface area contributed by atoms with Crippen LogP contribution in [-0.4, -0.2) is 52.7 Å². The van der Waals surface area contributed by atoms with Crippen molar-refractivity contribution in [2.45, 2.75) is 13.5 Å². The molecule has 0 spiro atoms. The summed E-state index contributed by atoms with van der Waals surface area (Å²) in [6.45, 7) is 4.73. The molecule has 1 aliphatic rings. The van der Waals surface area contributed by atoms with Crippen LogP contribution in [0.5, 0.6) is 0 Å². The van der Waals surface area contributed by atoms with Gasteiger partial charge in [-0.05, 0) is 24.1 Å². The standard InChI is InChI=1S/C20H22N4O4/c1-15-7-8-17(18(13-15)24(27)28)21-19(25)20(26)23-11-9-22(10-12-23)14-16-5-3-2-4-6-16/h2-8,13H,9-12,14H2,1H3,(H,21,25). The average molecular weight is 382 g/mol. The number of hydrogen-bond donors (Lipinski definition) is 1. The number of piperazine rings is 1. The van der Waals surface area contributed by atoms with Gasteiger partial charge in [0.25, 0.3) is 5.69 Å². The number of amides is 2. The lowest BCUT2D eigenvalue weighted by Crippen LogP contribution is -2.51. The Balaban J connectivity index is 1.56. The highest BCUT2D eigenvalue weighted by Gasteiger charge is 2.27. The monoisotopic (exact) mass is 382 g/mol. The number of anilines is 1. The molecule has 1 saturated heterocycles. The van der Waals surface area contributed by atoms with E-state index >= 15 is 0 Å². The number of carbonyl (C=O) groups is 2. The van der Waals surface area contributed by atoms with Gasteiger partial charge in [-0.25, -0.2) is 0 Å². The van der Waals surface area contributed by atoms with Crippen molar-refractivity contribution in [2.24, 2.45) is 0 Å². The summed E-state index contributed by atoms with van der Waals surface area (Å²) in [7, 11) is 0. The summed E-state index contributed by atoms with van der Waals surface area (Å²) in [6.07, 6.45) is 0. The van der Waals surface area contributed by atoms with Crippen LogP contribution in [0.1, 0.15) is 11.1 Å². The number of aryl methyl sites for hydroxylation is 1. The van der Waals surface area contributed by atoms with Gasteiger partial charge in [-0.3, -0.25) is 24.6 Å². The van der Waals surface area contributed by atoms with Crippen LogP contribution >= 0.6 is 0 Å². The highest BCUT2D eigenvalue weighted by Crippen LogP contribution is 2.25. The fourth-order valence-corrected chi connectivity index (χ4v) is 3.17. The molecule has 0 aliphatic carbocycles. The summed E-state index contributed by atoms with van der Waals surface area (Å²) in [5, 5.41) is 13.5. The number of carbonyl (C=O) groups excluding carboxylic acids is 2. The van der Waals surface area contributed by atoms with E-state index in [0.717, 1.165) is 6.54 Å². The minimum Gasteiger partial charge on any atom is -0.332 e. The van der Waals surface area contributed by atoms with Gasteiger partial charge in [0.15, 0.2) is 0 Å². The Bertz CT molecular complexity index is 877. The Morgan fingerprint density at radius 3 is 2.39 bits per heavy atom. The third-order valence-corrected chi connectivity index (χ3v) is 4.70. The minimum atomic E-state index is -0.858. The van der Waals surface area contributed by atoms with Crippen LogP contribution in [0.3, 0.4) is 0 Å². The molecule has 0 atom stereocenters. The van der Waals surface area contributed by atoms with Gasteiger partial charge in [0.1, 0.15) is 5.69 Å². The number of benzene rings is 2. The van der Waals surface area contributed by atoms with Crippen molar-refractivity contribution in [1.29, 1.82) is 0 Å². The van der Waals surface area contributed by atoms with E-state index in [9.17, 15) is 19.7 Å². The molecule has 0 radical (unpaired) electrons. The van der Waals surface area contributed by atoms with Gasteiger partial charge in [0.05, 0.1) is 4.92 Å². The van der Waals surface area contributed by atoms with E-state index in [1.54, 1.807) is 13.0 Å². The van der Waals surface area contributed by atoms with Crippen LogP contribution in [0.25, 0.3) is 0 Å². The zero-order chi connectivity index (χ0) is 20.1. The molecule has 0 bridgehead atoms. The van der Waals surface area contributed by atoms with Gasteiger partial charge in [-0.1, -0.05) is 36.4 Å². The van der Waals surface area contributed by atoms with Crippen LogP contribution < -0.4 is 5.32 Å². The molecule has 1 N–H and O–H groups in total. The van der Waals surface area contributed by atoms with E-state index in [-0.39, 0.29) is 11.4 Å². The second-order valence-corrected chi connectivity index (χ2v) is 6.79. The predicted octanol–water partition coefficient (Wildman–Crippen LogP) is 2.19. The molecule has 3 rings (SSSR count). The lowest BCUT2D eigenvalue weighted by Gasteiger charge is -2.34. The smallest absolute Gasteiger partial charge is 0.314 e. The van der Waals surface area contributed by atoms with Crippen molar-refractivity contribution < 1.29 is 14.5 Å². The van der Waals surface area contributed by atoms with Gasteiger partial charge in [-0.15, -0.1) is 0 Å². The Kier molecular flexibility index (Phi) is 6.00. The summed E-state index contributed by atoms with van der Waals surface area (Å²) >= 11 is 0. The maximum Gasteiger partial charge on any atom is 0.314 e. The van der Waals surface area contributed by atoms with Gasteiger partial charge in [0.2, 0.25) is 0 Å². The third kappa shape index (κ3) is 4.72. The SMILES string of the molecule is Cc1ccc(NC(=O)C(=O)N2CCN(Cc3ccccc3)CC2)c([N+](=O)[O-])c1. The lowest BCUT2D eigenvalue weighted by atomic mass is 10.2. The van der Waals surface area contributed by atoms with E-state index in [1.807, 2.05) is 18.2 Å². The first-order valence-electron chi connectivity index (χ1n) is 9.05. The molecular formula is C20H22N4O4. The van der Waals surface area contributed by atoms with Crippen LogP contribution in [0.15, 0.2) is 48.5 Å². The number of nitrogens with one attached hydrogen (secondary N) is 1. The first-order chi connectivity index (χ1) is 13.4. The second kappa shape index (κ2) is 8.62. The molecule has 1 aliphatic heterocycles. The van der Waals surface area contributed by atoms with E-state index < -0.39 is 16.7 Å². The number of nitro groups is 1. The quantitative estimate of drug-likeness (QED) is 0.497. The van der Waals surface area contributed by atoms with Crippen molar-refractivity contribution in [2.75, 3.05) is 31.5 Å². The van der Waals surface area contributed by atoms with Crippen LogP contribution in [0.2, 0.25) is 0 Å². The lowest BCUT2D eigenvalue weighted by molar-refractivity contribution is -0.384. The normalized spacial score (nSPS) is 14.5. The number of nitro benzene ring substituents is 1. The topological polar surface area (TPSA) is 95.8 Å². The molecule has 146 valence electrons. The molecule has 28 heavy (non-hydrogen) atoms. The summed E-state index contributed by atoms with van der Waals surface area (Å²) in [4.78, 5) is 39.0. The minimum absolute atomic E-state index is 0.0247.